The van der Waals surface area contributed by atoms with E-state index < -0.39 is 9.04 Å². The Labute approximate surface area is 109 Å². The maximum absolute atomic E-state index is 5.87. The fourth-order valence-corrected chi connectivity index (χ4v) is 2.33. The highest BCUT2D eigenvalue weighted by molar-refractivity contribution is 6.49. The SMILES string of the molecule is CC(=Nc1ccccc1O[SiH](C)C)c1ccoc1. The van der Waals surface area contributed by atoms with Gasteiger partial charge in [-0.1, -0.05) is 12.1 Å². The van der Waals surface area contributed by atoms with Gasteiger partial charge >= 0.3 is 0 Å². The van der Waals surface area contributed by atoms with Crippen LogP contribution in [0.4, 0.5) is 5.69 Å². The molecule has 0 aliphatic carbocycles. The molecule has 1 aromatic carbocycles. The van der Waals surface area contributed by atoms with Crippen LogP contribution in [0.2, 0.25) is 13.1 Å². The van der Waals surface area contributed by atoms with Crippen LogP contribution in [-0.4, -0.2) is 14.8 Å². The normalized spacial score (nSPS) is 11.9. The first-order chi connectivity index (χ1) is 8.66. The van der Waals surface area contributed by atoms with Gasteiger partial charge in [0.1, 0.15) is 11.4 Å². The number of para-hydroxylation sites is 2. The van der Waals surface area contributed by atoms with Crippen molar-refractivity contribution in [2.45, 2.75) is 20.0 Å². The summed E-state index contributed by atoms with van der Waals surface area (Å²) in [6.45, 7) is 6.25. The zero-order chi connectivity index (χ0) is 13.0. The molecule has 0 amide bonds. The zero-order valence-corrected chi connectivity index (χ0v) is 12.0. The number of nitrogens with zero attached hydrogens (tertiary/aromatic N) is 1. The molecule has 2 rings (SSSR count). The maximum Gasteiger partial charge on any atom is 0.229 e. The predicted octanol–water partition coefficient (Wildman–Crippen LogP) is 3.78. The van der Waals surface area contributed by atoms with Crippen LogP contribution in [0.3, 0.4) is 0 Å². The molecule has 2 aromatic rings. The van der Waals surface area contributed by atoms with Crippen LogP contribution in [0.25, 0.3) is 0 Å². The molecule has 0 N–H and O–H groups in total. The Kier molecular flexibility index (Phi) is 3.99. The van der Waals surface area contributed by atoms with Gasteiger partial charge in [-0.3, -0.25) is 0 Å². The highest BCUT2D eigenvalue weighted by Gasteiger charge is 2.06. The quantitative estimate of drug-likeness (QED) is 0.618. The largest absolute Gasteiger partial charge is 0.546 e. The van der Waals surface area contributed by atoms with E-state index in [-0.39, 0.29) is 0 Å². The molecule has 0 fully saturated rings. The van der Waals surface area contributed by atoms with E-state index in [1.54, 1.807) is 12.5 Å². The minimum atomic E-state index is -1.12. The van der Waals surface area contributed by atoms with E-state index in [0.29, 0.717) is 0 Å². The van der Waals surface area contributed by atoms with Gasteiger partial charge in [0.2, 0.25) is 9.04 Å². The number of benzene rings is 1. The van der Waals surface area contributed by atoms with Crippen molar-refractivity contribution in [2.24, 2.45) is 4.99 Å². The summed E-state index contributed by atoms with van der Waals surface area (Å²) in [6, 6.07) is 9.78. The molecule has 4 heteroatoms. The first kappa shape index (κ1) is 12.6. The summed E-state index contributed by atoms with van der Waals surface area (Å²) in [7, 11) is -1.12. The van der Waals surface area contributed by atoms with Gasteiger partial charge in [-0.2, -0.15) is 0 Å². The molecule has 0 unspecified atom stereocenters. The molecule has 18 heavy (non-hydrogen) atoms. The van der Waals surface area contributed by atoms with Crippen molar-refractivity contribution in [2.75, 3.05) is 0 Å². The topological polar surface area (TPSA) is 34.7 Å². The molecule has 0 aliphatic rings. The summed E-state index contributed by atoms with van der Waals surface area (Å²) < 4.78 is 10.9. The zero-order valence-electron chi connectivity index (χ0n) is 10.9. The Morgan fingerprint density at radius 3 is 2.67 bits per heavy atom. The van der Waals surface area contributed by atoms with E-state index in [2.05, 4.69) is 18.1 Å². The van der Waals surface area contributed by atoms with Crippen LogP contribution in [0.15, 0.2) is 52.3 Å². The molecule has 0 saturated carbocycles. The van der Waals surface area contributed by atoms with E-state index >= 15 is 0 Å². The van der Waals surface area contributed by atoms with Crippen LogP contribution in [0, 0.1) is 0 Å². The van der Waals surface area contributed by atoms with Crippen molar-refractivity contribution in [3.8, 4) is 5.75 Å². The number of hydrogen-bond donors (Lipinski definition) is 0. The molecule has 0 atom stereocenters. The molecular weight excluding hydrogens is 242 g/mol. The van der Waals surface area contributed by atoms with Gasteiger partial charge in [-0.25, -0.2) is 4.99 Å². The second kappa shape index (κ2) is 5.69. The molecule has 0 radical (unpaired) electrons. The Bertz CT molecular complexity index is 532. The molecular formula is C14H17NO2Si. The van der Waals surface area contributed by atoms with Gasteiger partial charge in [-0.15, -0.1) is 0 Å². The van der Waals surface area contributed by atoms with Crippen LogP contribution >= 0.6 is 0 Å². The lowest BCUT2D eigenvalue weighted by molar-refractivity contribution is 0.567. The Morgan fingerprint density at radius 1 is 1.22 bits per heavy atom. The predicted molar refractivity (Wildman–Crippen MR) is 76.5 cm³/mol. The molecule has 0 aliphatic heterocycles. The monoisotopic (exact) mass is 259 g/mol. The third-order valence-corrected chi connectivity index (χ3v) is 3.18. The summed E-state index contributed by atoms with van der Waals surface area (Å²) in [5.41, 5.74) is 2.79. The van der Waals surface area contributed by atoms with E-state index in [0.717, 1.165) is 22.7 Å². The summed E-state index contributed by atoms with van der Waals surface area (Å²) in [6.07, 6.45) is 3.34. The van der Waals surface area contributed by atoms with Crippen molar-refractivity contribution in [1.82, 2.24) is 0 Å². The number of rotatable bonds is 4. The average Bonchev–Trinajstić information content (AvgIpc) is 2.84. The highest BCUT2D eigenvalue weighted by atomic mass is 28.3. The Hall–Kier alpha value is -1.81. The van der Waals surface area contributed by atoms with Crippen molar-refractivity contribution >= 4 is 20.4 Å². The lowest BCUT2D eigenvalue weighted by Gasteiger charge is -2.11. The first-order valence-electron chi connectivity index (χ1n) is 6.00. The van der Waals surface area contributed by atoms with Crippen molar-refractivity contribution in [3.63, 3.8) is 0 Å². The van der Waals surface area contributed by atoms with Crippen LogP contribution in [0.1, 0.15) is 12.5 Å². The van der Waals surface area contributed by atoms with Crippen LogP contribution in [0.5, 0.6) is 5.75 Å². The van der Waals surface area contributed by atoms with Crippen LogP contribution < -0.4 is 4.43 Å². The number of furan rings is 1. The molecule has 0 saturated heterocycles. The van der Waals surface area contributed by atoms with Crippen molar-refractivity contribution < 1.29 is 8.84 Å². The first-order valence-corrected chi connectivity index (χ1v) is 8.78. The highest BCUT2D eigenvalue weighted by Crippen LogP contribution is 2.28. The third kappa shape index (κ3) is 3.11. The minimum Gasteiger partial charge on any atom is -0.546 e. The number of hydrogen-bond acceptors (Lipinski definition) is 3. The summed E-state index contributed by atoms with van der Waals surface area (Å²) in [5.74, 6) is 0.863. The molecule has 94 valence electrons. The molecule has 3 nitrogen and oxygen atoms in total. The van der Waals surface area contributed by atoms with Gasteiger partial charge in [-0.05, 0) is 38.2 Å². The Morgan fingerprint density at radius 2 is 2.00 bits per heavy atom. The lowest BCUT2D eigenvalue weighted by Crippen LogP contribution is -2.11. The van der Waals surface area contributed by atoms with Crippen LogP contribution in [-0.2, 0) is 0 Å². The third-order valence-electron chi connectivity index (χ3n) is 2.46. The standard InChI is InChI=1S/C14H17NO2Si/c1-11(12-8-9-16-10-12)15-13-6-4-5-7-14(13)17-18(2)3/h4-10,18H,1-3H3. The minimum absolute atomic E-state index is 0.863. The molecule has 1 heterocycles. The summed E-state index contributed by atoms with van der Waals surface area (Å²) in [5, 5.41) is 0. The maximum atomic E-state index is 5.87. The molecule has 1 aromatic heterocycles. The summed E-state index contributed by atoms with van der Waals surface area (Å²) in [4.78, 5) is 4.61. The van der Waals surface area contributed by atoms with Gasteiger partial charge in [0, 0.05) is 11.3 Å². The van der Waals surface area contributed by atoms with Crippen molar-refractivity contribution in [1.29, 1.82) is 0 Å². The van der Waals surface area contributed by atoms with Gasteiger partial charge in [0.25, 0.3) is 0 Å². The van der Waals surface area contributed by atoms with Gasteiger partial charge in [0.15, 0.2) is 0 Å². The van der Waals surface area contributed by atoms with E-state index in [4.69, 9.17) is 8.84 Å². The second-order valence-electron chi connectivity index (χ2n) is 4.34. The molecule has 0 spiro atoms. The Balaban J connectivity index is 2.31. The smallest absolute Gasteiger partial charge is 0.229 e. The van der Waals surface area contributed by atoms with Crippen molar-refractivity contribution in [3.05, 3.63) is 48.4 Å². The van der Waals surface area contributed by atoms with Gasteiger partial charge < -0.3 is 8.84 Å². The fraction of sp³-hybridized carbons (Fsp3) is 0.214. The number of aliphatic imine (C=N–C) groups is 1. The summed E-state index contributed by atoms with van der Waals surface area (Å²) >= 11 is 0. The van der Waals surface area contributed by atoms with E-state index in [1.165, 1.54) is 0 Å². The van der Waals surface area contributed by atoms with Gasteiger partial charge in [0.05, 0.1) is 12.5 Å². The van der Waals surface area contributed by atoms with E-state index in [1.807, 2.05) is 37.3 Å². The van der Waals surface area contributed by atoms with E-state index in [9.17, 15) is 0 Å². The average molecular weight is 259 g/mol. The lowest BCUT2D eigenvalue weighted by atomic mass is 10.2. The molecule has 0 bridgehead atoms. The second-order valence-corrected chi connectivity index (χ2v) is 6.68. The fourth-order valence-electron chi connectivity index (χ4n) is 1.62.